The molecule has 1 aliphatic heterocycles. The smallest absolute Gasteiger partial charge is 0.196 e. The van der Waals surface area contributed by atoms with Crippen LogP contribution in [0.5, 0.6) is 0 Å². The van der Waals surface area contributed by atoms with E-state index in [2.05, 4.69) is 85.9 Å². The summed E-state index contributed by atoms with van der Waals surface area (Å²) in [6, 6.07) is 24.0. The van der Waals surface area contributed by atoms with Crippen LogP contribution < -0.4 is 5.32 Å². The molecule has 6 rings (SSSR count). The van der Waals surface area contributed by atoms with Crippen molar-refractivity contribution in [1.29, 1.82) is 0 Å². The molecular formula is C28H27NO3. The minimum atomic E-state index is -0.648. The van der Waals surface area contributed by atoms with Gasteiger partial charge >= 0.3 is 0 Å². The number of hydrogen-bond donors (Lipinski definition) is 1. The molecule has 162 valence electrons. The van der Waals surface area contributed by atoms with Crippen LogP contribution in [0.2, 0.25) is 0 Å². The Balaban J connectivity index is 1.62. The number of ether oxygens (including phenoxy) is 1. The minimum Gasteiger partial charge on any atom is -0.357 e. The van der Waals surface area contributed by atoms with Gasteiger partial charge in [-0.05, 0) is 57.6 Å². The van der Waals surface area contributed by atoms with Gasteiger partial charge in [-0.3, -0.25) is 0 Å². The van der Waals surface area contributed by atoms with Crippen LogP contribution in [0.4, 0.5) is 5.69 Å². The Morgan fingerprint density at radius 3 is 2.06 bits per heavy atom. The molecule has 1 aliphatic rings. The second-order valence-corrected chi connectivity index (χ2v) is 9.66. The molecule has 0 amide bonds. The van der Waals surface area contributed by atoms with Crippen molar-refractivity contribution < 1.29 is 14.5 Å². The van der Waals surface area contributed by atoms with Crippen molar-refractivity contribution in [3.05, 3.63) is 66.7 Å². The van der Waals surface area contributed by atoms with Gasteiger partial charge in [-0.2, -0.15) is 0 Å². The van der Waals surface area contributed by atoms with Crippen LogP contribution in [0.1, 0.15) is 27.7 Å². The first kappa shape index (κ1) is 19.7. The van der Waals surface area contributed by atoms with Gasteiger partial charge in [0.1, 0.15) is 5.60 Å². The molecule has 5 aromatic carbocycles. The Morgan fingerprint density at radius 2 is 1.38 bits per heavy atom. The second kappa shape index (κ2) is 7.04. The number of anilines is 1. The van der Waals surface area contributed by atoms with Crippen molar-refractivity contribution in [3.8, 4) is 0 Å². The lowest BCUT2D eigenvalue weighted by Crippen LogP contribution is -2.54. The molecule has 1 fully saturated rings. The maximum absolute atomic E-state index is 6.31. The van der Waals surface area contributed by atoms with Gasteiger partial charge in [-0.15, -0.1) is 0 Å². The summed E-state index contributed by atoms with van der Waals surface area (Å²) in [5, 5.41) is 13.8. The fourth-order valence-corrected chi connectivity index (χ4v) is 4.93. The predicted octanol–water partition coefficient (Wildman–Crippen LogP) is 7.21. The first-order chi connectivity index (χ1) is 15.4. The molecule has 0 saturated carbocycles. The average Bonchev–Trinajstić information content (AvgIpc) is 2.78. The van der Waals surface area contributed by atoms with E-state index in [4.69, 9.17) is 14.5 Å². The summed E-state index contributed by atoms with van der Waals surface area (Å²) in [6.45, 7) is 8.09. The van der Waals surface area contributed by atoms with E-state index < -0.39 is 11.9 Å². The van der Waals surface area contributed by atoms with E-state index in [9.17, 15) is 0 Å². The molecule has 1 saturated heterocycles. The highest BCUT2D eigenvalue weighted by molar-refractivity contribution is 6.35. The molecule has 0 aromatic heterocycles. The van der Waals surface area contributed by atoms with Crippen LogP contribution in [0.25, 0.3) is 43.1 Å². The van der Waals surface area contributed by atoms with E-state index in [1.54, 1.807) is 0 Å². The highest BCUT2D eigenvalue weighted by Crippen LogP contribution is 2.43. The van der Waals surface area contributed by atoms with Gasteiger partial charge in [0.05, 0.1) is 0 Å². The van der Waals surface area contributed by atoms with Gasteiger partial charge < -0.3 is 10.1 Å². The van der Waals surface area contributed by atoms with Crippen LogP contribution in [-0.2, 0) is 14.5 Å². The van der Waals surface area contributed by atoms with Gasteiger partial charge in [0.25, 0.3) is 0 Å². The average molecular weight is 426 g/mol. The van der Waals surface area contributed by atoms with Gasteiger partial charge in [0.2, 0.25) is 0 Å². The van der Waals surface area contributed by atoms with Crippen molar-refractivity contribution in [3.63, 3.8) is 0 Å². The number of benzene rings is 5. The zero-order valence-corrected chi connectivity index (χ0v) is 18.8. The molecule has 5 aromatic rings. The Morgan fingerprint density at radius 1 is 0.750 bits per heavy atom. The van der Waals surface area contributed by atoms with Crippen LogP contribution in [0.3, 0.4) is 0 Å². The Labute approximate surface area is 187 Å². The molecule has 0 spiro atoms. The molecular weight excluding hydrogens is 398 g/mol. The third-order valence-corrected chi connectivity index (χ3v) is 6.60. The number of fused-ring (bicyclic) bond motifs is 2. The van der Waals surface area contributed by atoms with E-state index in [1.165, 1.54) is 43.1 Å². The molecule has 2 atom stereocenters. The van der Waals surface area contributed by atoms with Gasteiger partial charge in [0, 0.05) is 17.0 Å². The fraction of sp³-hybridized carbons (Fsp3) is 0.286. The fourth-order valence-electron chi connectivity index (χ4n) is 4.93. The molecule has 0 radical (unpaired) electrons. The monoisotopic (exact) mass is 425 g/mol. The Hall–Kier alpha value is -2.92. The predicted molar refractivity (Wildman–Crippen MR) is 131 cm³/mol. The van der Waals surface area contributed by atoms with Crippen LogP contribution in [0, 0.1) is 5.92 Å². The van der Waals surface area contributed by atoms with Crippen LogP contribution in [-0.4, -0.2) is 18.1 Å². The second-order valence-electron chi connectivity index (χ2n) is 9.66. The Kier molecular flexibility index (Phi) is 4.34. The molecule has 0 aliphatic carbocycles. The normalized spacial score (nSPS) is 21.3. The minimum absolute atomic E-state index is 0.178. The molecule has 1 heterocycles. The zero-order chi connectivity index (χ0) is 22.0. The van der Waals surface area contributed by atoms with Crippen LogP contribution >= 0.6 is 0 Å². The third kappa shape index (κ3) is 2.87. The lowest BCUT2D eigenvalue weighted by molar-refractivity contribution is -0.485. The summed E-state index contributed by atoms with van der Waals surface area (Å²) in [5.41, 5.74) is 0.392. The quantitative estimate of drug-likeness (QED) is 0.188. The largest absolute Gasteiger partial charge is 0.357 e. The molecule has 4 heteroatoms. The summed E-state index contributed by atoms with van der Waals surface area (Å²) in [7, 11) is 0. The maximum Gasteiger partial charge on any atom is 0.196 e. The standard InChI is InChI=1S/C28H27NO3/c1-16(2)26-30-27(28(3,4)32-31-26)29-22-15-14-18-10-6-12-20-19-11-5-8-17-9-7-13-21(23(17)19)25(22)24(18)20/h5-16,26-27,29H,1-4H3. The van der Waals surface area contributed by atoms with Crippen molar-refractivity contribution in [2.75, 3.05) is 5.32 Å². The number of rotatable bonds is 3. The van der Waals surface area contributed by atoms with Gasteiger partial charge in [0.15, 0.2) is 12.5 Å². The Bertz CT molecular complexity index is 1450. The molecule has 32 heavy (non-hydrogen) atoms. The van der Waals surface area contributed by atoms with E-state index in [0.717, 1.165) is 5.69 Å². The highest BCUT2D eigenvalue weighted by atomic mass is 17.2. The van der Waals surface area contributed by atoms with Crippen LogP contribution in [0.15, 0.2) is 66.7 Å². The van der Waals surface area contributed by atoms with Gasteiger partial charge in [-0.25, -0.2) is 9.78 Å². The summed E-state index contributed by atoms with van der Waals surface area (Å²) in [6.07, 6.45) is -0.780. The van der Waals surface area contributed by atoms with E-state index in [1.807, 2.05) is 13.8 Å². The molecule has 0 bridgehead atoms. The summed E-state index contributed by atoms with van der Waals surface area (Å²) < 4.78 is 6.31. The highest BCUT2D eigenvalue weighted by Gasteiger charge is 2.41. The van der Waals surface area contributed by atoms with E-state index >= 15 is 0 Å². The third-order valence-electron chi connectivity index (χ3n) is 6.60. The van der Waals surface area contributed by atoms with E-state index in [0.29, 0.717) is 0 Å². The van der Waals surface area contributed by atoms with Crippen molar-refractivity contribution in [2.45, 2.75) is 45.8 Å². The maximum atomic E-state index is 6.31. The van der Waals surface area contributed by atoms with Crippen molar-refractivity contribution in [1.82, 2.24) is 0 Å². The van der Waals surface area contributed by atoms with E-state index in [-0.39, 0.29) is 12.1 Å². The zero-order valence-electron chi connectivity index (χ0n) is 18.8. The van der Waals surface area contributed by atoms with Crippen molar-refractivity contribution in [2.24, 2.45) is 5.92 Å². The van der Waals surface area contributed by atoms with Gasteiger partial charge in [-0.1, -0.05) is 74.5 Å². The SMILES string of the molecule is CC(C)C1OOC(C)(C)C(Nc2ccc3cccc4c5cccc6cccc(c2c34)c65)O1. The first-order valence-electron chi connectivity index (χ1n) is 11.3. The lowest BCUT2D eigenvalue weighted by atomic mass is 9.89. The molecule has 4 nitrogen and oxygen atoms in total. The summed E-state index contributed by atoms with van der Waals surface area (Å²) in [4.78, 5) is 11.3. The van der Waals surface area contributed by atoms with Crippen molar-refractivity contribution >= 4 is 48.8 Å². The molecule has 1 N–H and O–H groups in total. The molecule has 2 unspecified atom stereocenters. The summed E-state index contributed by atoms with van der Waals surface area (Å²) >= 11 is 0. The number of nitrogens with one attached hydrogen (secondary N) is 1. The topological polar surface area (TPSA) is 39.7 Å². The number of hydrogen-bond acceptors (Lipinski definition) is 4. The first-order valence-corrected chi connectivity index (χ1v) is 11.3. The summed E-state index contributed by atoms with van der Waals surface area (Å²) in [5.74, 6) is 0.178. The lowest BCUT2D eigenvalue weighted by Gasteiger charge is -2.42.